The van der Waals surface area contributed by atoms with Crippen molar-refractivity contribution >= 4 is 17.5 Å². The molecule has 1 amide bonds. The lowest BCUT2D eigenvalue weighted by atomic mass is 10.1. The molecular formula is C13H18ClNO3. The molecule has 1 unspecified atom stereocenters. The number of carbonyl (C=O) groups is 1. The van der Waals surface area contributed by atoms with E-state index >= 15 is 0 Å². The summed E-state index contributed by atoms with van der Waals surface area (Å²) in [6.45, 7) is 1.97. The molecule has 18 heavy (non-hydrogen) atoms. The van der Waals surface area contributed by atoms with Crippen molar-refractivity contribution in [1.29, 1.82) is 0 Å². The minimum atomic E-state index is -0.199. The molecule has 0 heterocycles. The van der Waals surface area contributed by atoms with E-state index in [1.165, 1.54) is 0 Å². The van der Waals surface area contributed by atoms with Crippen LogP contribution in [0.15, 0.2) is 24.3 Å². The molecule has 0 aliphatic heterocycles. The highest BCUT2D eigenvalue weighted by molar-refractivity contribution is 6.30. The van der Waals surface area contributed by atoms with E-state index in [1.54, 1.807) is 24.3 Å². The average Bonchev–Trinajstić information content (AvgIpc) is 2.36. The van der Waals surface area contributed by atoms with Gasteiger partial charge in [0.1, 0.15) is 5.75 Å². The van der Waals surface area contributed by atoms with E-state index in [2.05, 4.69) is 5.32 Å². The standard InChI is InChI=1S/C13H18ClNO3/c1-2-11(6-7-16)15-13(17)9-18-12-5-3-4-10(14)8-12/h3-5,8,11,16H,2,6-7,9H2,1H3,(H,15,17). The van der Waals surface area contributed by atoms with Gasteiger partial charge >= 0.3 is 0 Å². The highest BCUT2D eigenvalue weighted by Crippen LogP contribution is 2.16. The number of benzene rings is 1. The maximum Gasteiger partial charge on any atom is 0.258 e. The fourth-order valence-electron chi connectivity index (χ4n) is 1.51. The van der Waals surface area contributed by atoms with Crippen LogP contribution in [-0.2, 0) is 4.79 Å². The zero-order chi connectivity index (χ0) is 13.4. The van der Waals surface area contributed by atoms with E-state index in [1.807, 2.05) is 6.92 Å². The van der Waals surface area contributed by atoms with Crippen LogP contribution >= 0.6 is 11.6 Å². The maximum absolute atomic E-state index is 11.6. The Morgan fingerprint density at radius 2 is 2.33 bits per heavy atom. The molecule has 4 nitrogen and oxygen atoms in total. The molecule has 100 valence electrons. The third-order valence-electron chi connectivity index (χ3n) is 2.50. The molecule has 0 fully saturated rings. The Morgan fingerprint density at radius 1 is 1.56 bits per heavy atom. The van der Waals surface area contributed by atoms with Gasteiger partial charge in [-0.25, -0.2) is 0 Å². The summed E-state index contributed by atoms with van der Waals surface area (Å²) in [6, 6.07) is 6.88. The molecule has 0 bridgehead atoms. The minimum Gasteiger partial charge on any atom is -0.484 e. The zero-order valence-corrected chi connectivity index (χ0v) is 11.1. The predicted octanol–water partition coefficient (Wildman–Crippen LogP) is 2.00. The summed E-state index contributed by atoms with van der Waals surface area (Å²) in [7, 11) is 0. The topological polar surface area (TPSA) is 58.6 Å². The molecule has 0 saturated carbocycles. The fraction of sp³-hybridized carbons (Fsp3) is 0.462. The summed E-state index contributed by atoms with van der Waals surface area (Å²) in [5, 5.41) is 12.2. The van der Waals surface area contributed by atoms with Gasteiger partial charge in [-0.15, -0.1) is 0 Å². The van der Waals surface area contributed by atoms with E-state index in [4.69, 9.17) is 21.4 Å². The first-order chi connectivity index (χ1) is 8.65. The first kappa shape index (κ1) is 14.8. The summed E-state index contributed by atoms with van der Waals surface area (Å²) >= 11 is 5.80. The number of hydrogen-bond donors (Lipinski definition) is 2. The van der Waals surface area contributed by atoms with Crippen molar-refractivity contribution in [3.63, 3.8) is 0 Å². The lowest BCUT2D eigenvalue weighted by molar-refractivity contribution is -0.123. The van der Waals surface area contributed by atoms with Crippen molar-refractivity contribution in [1.82, 2.24) is 5.32 Å². The van der Waals surface area contributed by atoms with Gasteiger partial charge in [0, 0.05) is 17.7 Å². The van der Waals surface area contributed by atoms with Crippen LogP contribution in [0.25, 0.3) is 0 Å². The summed E-state index contributed by atoms with van der Waals surface area (Å²) in [5.74, 6) is 0.364. The predicted molar refractivity (Wildman–Crippen MR) is 70.9 cm³/mol. The molecule has 0 aromatic heterocycles. The summed E-state index contributed by atoms with van der Waals surface area (Å²) in [4.78, 5) is 11.6. The van der Waals surface area contributed by atoms with Gasteiger partial charge in [-0.3, -0.25) is 4.79 Å². The first-order valence-electron chi connectivity index (χ1n) is 5.94. The normalized spacial score (nSPS) is 11.9. The third kappa shape index (κ3) is 5.38. The van der Waals surface area contributed by atoms with E-state index in [0.29, 0.717) is 17.2 Å². The van der Waals surface area contributed by atoms with Gasteiger partial charge in [0.2, 0.25) is 0 Å². The molecule has 1 aromatic carbocycles. The number of halogens is 1. The van der Waals surface area contributed by atoms with Gasteiger partial charge in [-0.2, -0.15) is 0 Å². The lowest BCUT2D eigenvalue weighted by Crippen LogP contribution is -2.38. The van der Waals surface area contributed by atoms with Crippen LogP contribution in [0.3, 0.4) is 0 Å². The van der Waals surface area contributed by atoms with Crippen molar-refractivity contribution < 1.29 is 14.6 Å². The second kappa shape index (κ2) is 7.95. The second-order valence-corrected chi connectivity index (χ2v) is 4.37. The van der Waals surface area contributed by atoms with Crippen LogP contribution in [0, 0.1) is 0 Å². The van der Waals surface area contributed by atoms with Gasteiger partial charge in [-0.05, 0) is 31.0 Å². The fourth-order valence-corrected chi connectivity index (χ4v) is 1.69. The lowest BCUT2D eigenvalue weighted by Gasteiger charge is -2.15. The molecule has 1 atom stereocenters. The molecule has 2 N–H and O–H groups in total. The first-order valence-corrected chi connectivity index (χ1v) is 6.32. The van der Waals surface area contributed by atoms with Crippen LogP contribution in [0.4, 0.5) is 0 Å². The molecule has 0 radical (unpaired) electrons. The molecule has 1 rings (SSSR count). The Hall–Kier alpha value is -1.26. The van der Waals surface area contributed by atoms with Crippen molar-refractivity contribution in [2.45, 2.75) is 25.8 Å². The van der Waals surface area contributed by atoms with Gasteiger partial charge in [-0.1, -0.05) is 24.6 Å². The molecule has 5 heteroatoms. The van der Waals surface area contributed by atoms with Crippen LogP contribution in [0.5, 0.6) is 5.75 Å². The van der Waals surface area contributed by atoms with Crippen LogP contribution in [-0.4, -0.2) is 30.3 Å². The number of carbonyl (C=O) groups excluding carboxylic acids is 1. The highest BCUT2D eigenvalue weighted by atomic mass is 35.5. The molecule has 0 saturated heterocycles. The van der Waals surface area contributed by atoms with Gasteiger partial charge < -0.3 is 15.2 Å². The third-order valence-corrected chi connectivity index (χ3v) is 2.74. The Kier molecular flexibility index (Phi) is 6.54. The van der Waals surface area contributed by atoms with Crippen molar-refractivity contribution in [3.8, 4) is 5.75 Å². The highest BCUT2D eigenvalue weighted by Gasteiger charge is 2.10. The summed E-state index contributed by atoms with van der Waals surface area (Å²) in [6.07, 6.45) is 1.34. The SMILES string of the molecule is CCC(CCO)NC(=O)COc1cccc(Cl)c1. The van der Waals surface area contributed by atoms with Crippen LogP contribution in [0.2, 0.25) is 5.02 Å². The number of aliphatic hydroxyl groups excluding tert-OH is 1. The number of amides is 1. The number of nitrogens with one attached hydrogen (secondary N) is 1. The van der Waals surface area contributed by atoms with Crippen LogP contribution < -0.4 is 10.1 Å². The molecular weight excluding hydrogens is 254 g/mol. The molecule has 1 aromatic rings. The van der Waals surface area contributed by atoms with Crippen molar-refractivity contribution in [2.75, 3.05) is 13.2 Å². The minimum absolute atomic E-state index is 0.00883. The van der Waals surface area contributed by atoms with E-state index in [0.717, 1.165) is 6.42 Å². The second-order valence-electron chi connectivity index (χ2n) is 3.93. The average molecular weight is 272 g/mol. The quantitative estimate of drug-likeness (QED) is 0.797. The van der Waals surface area contributed by atoms with Crippen molar-refractivity contribution in [3.05, 3.63) is 29.3 Å². The maximum atomic E-state index is 11.6. The number of rotatable bonds is 7. The Labute approximate surface area is 112 Å². The molecule has 0 aliphatic carbocycles. The molecule has 0 aliphatic rings. The van der Waals surface area contributed by atoms with E-state index in [9.17, 15) is 4.79 Å². The van der Waals surface area contributed by atoms with Gasteiger partial charge in [0.05, 0.1) is 0 Å². The zero-order valence-electron chi connectivity index (χ0n) is 10.4. The Morgan fingerprint density at radius 3 is 2.94 bits per heavy atom. The number of ether oxygens (including phenoxy) is 1. The Balaban J connectivity index is 2.36. The van der Waals surface area contributed by atoms with Gasteiger partial charge in [0.15, 0.2) is 6.61 Å². The summed E-state index contributed by atoms with van der Waals surface area (Å²) in [5.41, 5.74) is 0. The van der Waals surface area contributed by atoms with Gasteiger partial charge in [0.25, 0.3) is 5.91 Å². The monoisotopic (exact) mass is 271 g/mol. The van der Waals surface area contributed by atoms with E-state index in [-0.39, 0.29) is 25.2 Å². The largest absolute Gasteiger partial charge is 0.484 e. The number of hydrogen-bond acceptors (Lipinski definition) is 3. The smallest absolute Gasteiger partial charge is 0.258 e. The number of aliphatic hydroxyl groups is 1. The Bertz CT molecular complexity index is 384. The van der Waals surface area contributed by atoms with Crippen molar-refractivity contribution in [2.24, 2.45) is 0 Å². The van der Waals surface area contributed by atoms with E-state index < -0.39 is 0 Å². The van der Waals surface area contributed by atoms with Crippen LogP contribution in [0.1, 0.15) is 19.8 Å². The summed E-state index contributed by atoms with van der Waals surface area (Å²) < 4.78 is 5.31. The molecule has 0 spiro atoms.